The predicted molar refractivity (Wildman–Crippen MR) is 142 cm³/mol. The van der Waals surface area contributed by atoms with E-state index in [-0.39, 0.29) is 40.7 Å². The fraction of sp³-hybridized carbons (Fsp3) is 0.185. The van der Waals surface area contributed by atoms with E-state index in [2.05, 4.69) is 17.2 Å². The van der Waals surface area contributed by atoms with Gasteiger partial charge in [-0.2, -0.15) is 0 Å². The van der Waals surface area contributed by atoms with Crippen molar-refractivity contribution in [2.75, 3.05) is 16.2 Å². The Morgan fingerprint density at radius 2 is 1.78 bits per heavy atom. The van der Waals surface area contributed by atoms with Gasteiger partial charge in [0, 0.05) is 13.0 Å². The van der Waals surface area contributed by atoms with Crippen molar-refractivity contribution < 1.29 is 18.0 Å². The molecule has 1 heterocycles. The smallest absolute Gasteiger partial charge is 0.264 e. The summed E-state index contributed by atoms with van der Waals surface area (Å²) in [5.74, 6) is -0.534. The first-order chi connectivity index (χ1) is 17.3. The van der Waals surface area contributed by atoms with Crippen molar-refractivity contribution in [3.63, 3.8) is 0 Å². The van der Waals surface area contributed by atoms with Crippen molar-refractivity contribution in [2.45, 2.75) is 30.2 Å². The van der Waals surface area contributed by atoms with E-state index in [1.54, 1.807) is 24.3 Å². The highest BCUT2D eigenvalue weighted by Crippen LogP contribution is 2.38. The van der Waals surface area contributed by atoms with Gasteiger partial charge in [0.05, 0.1) is 27.3 Å². The fourth-order valence-electron chi connectivity index (χ4n) is 4.16. The second kappa shape index (κ2) is 11.0. The number of amides is 2. The van der Waals surface area contributed by atoms with Crippen LogP contribution in [0.2, 0.25) is 5.02 Å². The van der Waals surface area contributed by atoms with Crippen LogP contribution < -0.4 is 14.9 Å². The van der Waals surface area contributed by atoms with E-state index in [1.165, 1.54) is 28.6 Å². The monoisotopic (exact) mass is 523 g/mol. The summed E-state index contributed by atoms with van der Waals surface area (Å²) in [5, 5.41) is 5.74. The van der Waals surface area contributed by atoms with Crippen molar-refractivity contribution in [2.24, 2.45) is 0 Å². The number of nitrogens with one attached hydrogen (secondary N) is 2. The van der Waals surface area contributed by atoms with Gasteiger partial charge in [-0.1, -0.05) is 66.7 Å². The molecule has 36 heavy (non-hydrogen) atoms. The number of aryl methyl sites for hydroxylation is 1. The maximum Gasteiger partial charge on any atom is 0.264 e. The molecule has 1 aliphatic rings. The molecular weight excluding hydrogens is 498 g/mol. The Balaban J connectivity index is 1.51. The Bertz CT molecular complexity index is 1390. The zero-order valence-corrected chi connectivity index (χ0v) is 21.1. The molecule has 0 fully saturated rings. The molecule has 0 saturated carbocycles. The molecule has 0 spiro atoms. The maximum atomic E-state index is 13.6. The van der Waals surface area contributed by atoms with Crippen molar-refractivity contribution in [1.82, 2.24) is 5.32 Å². The number of sulfonamides is 1. The highest BCUT2D eigenvalue weighted by atomic mass is 35.5. The lowest BCUT2D eigenvalue weighted by Gasteiger charge is -2.35. The molecule has 2 amide bonds. The zero-order chi connectivity index (χ0) is 25.7. The SMILES string of the molecule is C=CC(=O)NC1CCN(S(=O)(=O)c2ccc(NC(=O)CCc3ccccc3)c(Cl)c2)c2ccccc21. The third-order valence-electron chi connectivity index (χ3n) is 5.99. The van der Waals surface area contributed by atoms with E-state index in [4.69, 9.17) is 11.6 Å². The van der Waals surface area contributed by atoms with Crippen LogP contribution in [-0.2, 0) is 26.0 Å². The van der Waals surface area contributed by atoms with Gasteiger partial charge in [0.25, 0.3) is 10.0 Å². The Hall–Kier alpha value is -3.62. The van der Waals surface area contributed by atoms with E-state index in [0.29, 0.717) is 29.8 Å². The van der Waals surface area contributed by atoms with Crippen molar-refractivity contribution in [3.05, 3.63) is 102 Å². The molecule has 7 nitrogen and oxygen atoms in total. The first-order valence-corrected chi connectivity index (χ1v) is 13.3. The number of benzene rings is 3. The zero-order valence-electron chi connectivity index (χ0n) is 19.5. The molecule has 0 bridgehead atoms. The van der Waals surface area contributed by atoms with Gasteiger partial charge in [-0.05, 0) is 54.3 Å². The van der Waals surface area contributed by atoms with Gasteiger partial charge >= 0.3 is 0 Å². The van der Waals surface area contributed by atoms with Gasteiger partial charge in [-0.25, -0.2) is 8.42 Å². The van der Waals surface area contributed by atoms with Gasteiger partial charge in [0.2, 0.25) is 11.8 Å². The third-order valence-corrected chi connectivity index (χ3v) is 8.11. The minimum Gasteiger partial charge on any atom is -0.346 e. The lowest BCUT2D eigenvalue weighted by molar-refractivity contribution is -0.117. The minimum atomic E-state index is -3.94. The molecular formula is C27H26ClN3O4S. The van der Waals surface area contributed by atoms with Crippen LogP contribution >= 0.6 is 11.6 Å². The second-order valence-corrected chi connectivity index (χ2v) is 10.6. The molecule has 0 aliphatic carbocycles. The number of para-hydroxylation sites is 1. The molecule has 1 atom stereocenters. The Morgan fingerprint density at radius 1 is 1.06 bits per heavy atom. The van der Waals surface area contributed by atoms with Crippen LogP contribution in [0.15, 0.2) is 90.3 Å². The molecule has 4 rings (SSSR count). The van der Waals surface area contributed by atoms with Crippen molar-refractivity contribution >= 4 is 44.8 Å². The van der Waals surface area contributed by atoms with Crippen molar-refractivity contribution in [3.8, 4) is 0 Å². The normalized spacial score (nSPS) is 15.0. The van der Waals surface area contributed by atoms with Crippen LogP contribution in [0.25, 0.3) is 0 Å². The molecule has 186 valence electrons. The summed E-state index contributed by atoms with van der Waals surface area (Å²) in [6.45, 7) is 3.65. The Labute approximate surface area is 215 Å². The van der Waals surface area contributed by atoms with E-state index < -0.39 is 10.0 Å². The van der Waals surface area contributed by atoms with Gasteiger partial charge in [-0.3, -0.25) is 13.9 Å². The summed E-state index contributed by atoms with van der Waals surface area (Å²) < 4.78 is 28.4. The molecule has 0 saturated heterocycles. The number of hydrogen-bond acceptors (Lipinski definition) is 4. The van der Waals surface area contributed by atoms with Gasteiger partial charge in [0.1, 0.15) is 0 Å². The molecule has 1 aliphatic heterocycles. The van der Waals surface area contributed by atoms with E-state index in [1.807, 2.05) is 30.3 Å². The summed E-state index contributed by atoms with van der Waals surface area (Å²) in [6.07, 6.45) is 2.45. The molecule has 0 radical (unpaired) electrons. The average Bonchev–Trinajstić information content (AvgIpc) is 2.89. The van der Waals surface area contributed by atoms with Crippen LogP contribution in [0.3, 0.4) is 0 Å². The summed E-state index contributed by atoms with van der Waals surface area (Å²) in [4.78, 5) is 24.3. The standard InChI is InChI=1S/C27H26ClN3O4S/c1-2-26(32)29-23-16-17-31(25-11-7-6-10-21(23)25)36(34,35)20-13-14-24(22(28)18-20)30-27(33)15-12-19-8-4-3-5-9-19/h2-11,13-14,18,23H,1,12,15-17H2,(H,29,32)(H,30,33). The summed E-state index contributed by atoms with van der Waals surface area (Å²) in [7, 11) is -3.94. The molecule has 0 aromatic heterocycles. The number of halogens is 1. The van der Waals surface area contributed by atoms with Gasteiger partial charge in [0.15, 0.2) is 0 Å². The molecule has 2 N–H and O–H groups in total. The third kappa shape index (κ3) is 5.61. The predicted octanol–water partition coefficient (Wildman–Crippen LogP) is 4.85. The quantitative estimate of drug-likeness (QED) is 0.412. The minimum absolute atomic E-state index is 0.0122. The van der Waals surface area contributed by atoms with Gasteiger partial charge in [-0.15, -0.1) is 0 Å². The number of fused-ring (bicyclic) bond motifs is 1. The number of nitrogens with zero attached hydrogens (tertiary/aromatic N) is 1. The van der Waals surface area contributed by atoms with E-state index in [9.17, 15) is 18.0 Å². The summed E-state index contributed by atoms with van der Waals surface area (Å²) in [5.41, 5.74) is 2.59. The number of anilines is 2. The number of rotatable bonds is 8. The highest BCUT2D eigenvalue weighted by molar-refractivity contribution is 7.92. The first-order valence-electron chi connectivity index (χ1n) is 11.5. The van der Waals surface area contributed by atoms with Gasteiger partial charge < -0.3 is 10.6 Å². The topological polar surface area (TPSA) is 95.6 Å². The number of carbonyl (C=O) groups is 2. The Morgan fingerprint density at radius 3 is 2.50 bits per heavy atom. The lowest BCUT2D eigenvalue weighted by atomic mass is 9.98. The highest BCUT2D eigenvalue weighted by Gasteiger charge is 2.33. The number of carbonyl (C=O) groups excluding carboxylic acids is 2. The fourth-order valence-corrected chi connectivity index (χ4v) is 5.99. The first kappa shape index (κ1) is 25.5. The average molecular weight is 524 g/mol. The number of hydrogen-bond donors (Lipinski definition) is 2. The van der Waals surface area contributed by atoms with E-state index in [0.717, 1.165) is 5.56 Å². The second-order valence-electron chi connectivity index (χ2n) is 8.37. The van der Waals surface area contributed by atoms with Crippen molar-refractivity contribution in [1.29, 1.82) is 0 Å². The largest absolute Gasteiger partial charge is 0.346 e. The van der Waals surface area contributed by atoms with E-state index >= 15 is 0 Å². The lowest BCUT2D eigenvalue weighted by Crippen LogP contribution is -2.40. The molecule has 9 heteroatoms. The summed E-state index contributed by atoms with van der Waals surface area (Å²) in [6, 6.07) is 20.7. The molecule has 3 aromatic rings. The van der Waals surface area contributed by atoms with Crippen LogP contribution in [-0.4, -0.2) is 26.8 Å². The molecule has 1 unspecified atom stereocenters. The molecule has 3 aromatic carbocycles. The summed E-state index contributed by atoms with van der Waals surface area (Å²) >= 11 is 6.38. The van der Waals surface area contributed by atoms with Crippen LogP contribution in [0.4, 0.5) is 11.4 Å². The van der Waals surface area contributed by atoms with Crippen LogP contribution in [0.5, 0.6) is 0 Å². The van der Waals surface area contributed by atoms with Crippen LogP contribution in [0.1, 0.15) is 30.0 Å². The Kier molecular flexibility index (Phi) is 7.76. The van der Waals surface area contributed by atoms with Crippen LogP contribution in [0, 0.1) is 0 Å². The maximum absolute atomic E-state index is 13.6.